The molecule has 0 fully saturated rings. The smallest absolute Gasteiger partial charge is 0.341 e. The summed E-state index contributed by atoms with van der Waals surface area (Å²) < 4.78 is 0. The van der Waals surface area contributed by atoms with Gasteiger partial charge in [0.2, 0.25) is 0 Å². The maximum absolute atomic E-state index is 11.4. The van der Waals surface area contributed by atoms with E-state index in [-0.39, 0.29) is 18.8 Å². The van der Waals surface area contributed by atoms with Crippen LogP contribution in [-0.4, -0.2) is 51.7 Å². The summed E-state index contributed by atoms with van der Waals surface area (Å²) >= 11 is 5.31. The fourth-order valence-electron chi connectivity index (χ4n) is 1.01. The van der Waals surface area contributed by atoms with Crippen LogP contribution < -0.4 is 5.32 Å². The largest absolute Gasteiger partial charge is 0.481 e. The minimum absolute atomic E-state index is 0.0496. The van der Waals surface area contributed by atoms with Crippen molar-refractivity contribution in [1.29, 1.82) is 0 Å². The van der Waals surface area contributed by atoms with Gasteiger partial charge in [-0.25, -0.2) is 9.59 Å². The van der Waals surface area contributed by atoms with Gasteiger partial charge in [-0.1, -0.05) is 0 Å². The molecule has 0 aromatic heterocycles. The van der Waals surface area contributed by atoms with Crippen LogP contribution in [-0.2, 0) is 9.59 Å². The molecule has 9 nitrogen and oxygen atoms in total. The number of nitrogens with zero attached hydrogens (tertiary/aromatic N) is 2. The van der Waals surface area contributed by atoms with Crippen LogP contribution in [0, 0.1) is 4.91 Å². The maximum atomic E-state index is 11.4. The number of amides is 2. The number of nitroso groups, excluding NO2 is 1. The molecular formula is C8H12ClN3O6. The second kappa shape index (κ2) is 8.23. The Labute approximate surface area is 107 Å². The van der Waals surface area contributed by atoms with Crippen molar-refractivity contribution in [2.24, 2.45) is 5.29 Å². The molecule has 0 bridgehead atoms. The van der Waals surface area contributed by atoms with Gasteiger partial charge in [0.05, 0.1) is 11.8 Å². The number of halogens is 1. The highest BCUT2D eigenvalue weighted by atomic mass is 35.5. The van der Waals surface area contributed by atoms with Gasteiger partial charge in [-0.05, 0) is 6.42 Å². The van der Waals surface area contributed by atoms with Crippen molar-refractivity contribution < 1.29 is 24.6 Å². The first-order valence-electron chi connectivity index (χ1n) is 4.84. The topological polar surface area (TPSA) is 136 Å². The molecule has 0 aliphatic heterocycles. The van der Waals surface area contributed by atoms with Gasteiger partial charge < -0.3 is 15.5 Å². The molecular weight excluding hydrogens is 270 g/mol. The highest BCUT2D eigenvalue weighted by Gasteiger charge is 2.24. The number of alkyl halides is 1. The van der Waals surface area contributed by atoms with Crippen molar-refractivity contribution in [3.63, 3.8) is 0 Å². The van der Waals surface area contributed by atoms with Crippen LogP contribution in [0.15, 0.2) is 5.29 Å². The molecule has 10 heteroatoms. The van der Waals surface area contributed by atoms with E-state index in [1.807, 2.05) is 5.32 Å². The van der Waals surface area contributed by atoms with Crippen LogP contribution >= 0.6 is 11.6 Å². The summed E-state index contributed by atoms with van der Waals surface area (Å²) in [6.07, 6.45) is -0.731. The number of hydrogen-bond donors (Lipinski definition) is 3. The molecule has 0 heterocycles. The number of carboxylic acid groups (broad SMARTS) is 2. The van der Waals surface area contributed by atoms with E-state index in [2.05, 4.69) is 5.29 Å². The van der Waals surface area contributed by atoms with Crippen LogP contribution in [0.4, 0.5) is 4.79 Å². The van der Waals surface area contributed by atoms with E-state index < -0.39 is 30.4 Å². The molecule has 18 heavy (non-hydrogen) atoms. The predicted molar refractivity (Wildman–Crippen MR) is 60.0 cm³/mol. The molecule has 0 aromatic carbocycles. The minimum Gasteiger partial charge on any atom is -0.481 e. The molecule has 1 atom stereocenters. The summed E-state index contributed by atoms with van der Waals surface area (Å²) in [6, 6.07) is -2.45. The summed E-state index contributed by atoms with van der Waals surface area (Å²) in [4.78, 5) is 42.7. The van der Waals surface area contributed by atoms with Crippen molar-refractivity contribution in [2.45, 2.75) is 18.9 Å². The second-order valence-corrected chi connectivity index (χ2v) is 3.54. The Balaban J connectivity index is 4.47. The highest BCUT2D eigenvalue weighted by molar-refractivity contribution is 6.18. The number of nitrogens with one attached hydrogen (secondary N) is 1. The number of carboxylic acids is 2. The van der Waals surface area contributed by atoms with Gasteiger partial charge in [-0.2, -0.15) is 5.01 Å². The lowest BCUT2D eigenvalue weighted by Crippen LogP contribution is -2.46. The third-order valence-corrected chi connectivity index (χ3v) is 2.04. The lowest BCUT2D eigenvalue weighted by molar-refractivity contribution is -0.140. The van der Waals surface area contributed by atoms with Gasteiger partial charge >= 0.3 is 18.0 Å². The van der Waals surface area contributed by atoms with E-state index >= 15 is 0 Å². The summed E-state index contributed by atoms with van der Waals surface area (Å²) in [5.74, 6) is -2.64. The lowest BCUT2D eigenvalue weighted by Gasteiger charge is -2.17. The number of hydrogen-bond acceptors (Lipinski definition) is 5. The van der Waals surface area contributed by atoms with Crippen molar-refractivity contribution in [2.75, 3.05) is 12.4 Å². The number of aliphatic carboxylic acids is 2. The standard InChI is InChI=1S/C8H12ClN3O6/c9-3-4-12(11-18)8(17)10-5(7(15)16)1-2-6(13)14/h5H,1-4H2,(H,10,17)(H,13,14)(H,15,16)/t5-/m0/s1. The first-order chi connectivity index (χ1) is 8.42. The third kappa shape index (κ3) is 5.99. The molecule has 3 N–H and O–H groups in total. The van der Waals surface area contributed by atoms with Gasteiger partial charge in [0.15, 0.2) is 0 Å². The van der Waals surface area contributed by atoms with Gasteiger partial charge in [0.25, 0.3) is 0 Å². The molecule has 0 rings (SSSR count). The van der Waals surface area contributed by atoms with Gasteiger partial charge in [-0.15, -0.1) is 16.5 Å². The normalized spacial score (nSPS) is 11.4. The second-order valence-electron chi connectivity index (χ2n) is 3.17. The quantitative estimate of drug-likeness (QED) is 0.331. The molecule has 0 aromatic rings. The maximum Gasteiger partial charge on any atom is 0.341 e. The summed E-state index contributed by atoms with van der Waals surface area (Å²) in [5.41, 5.74) is 0. The Bertz CT molecular complexity index is 337. The van der Waals surface area contributed by atoms with Crippen molar-refractivity contribution >= 4 is 29.6 Å². The molecule has 0 saturated carbocycles. The van der Waals surface area contributed by atoms with E-state index in [9.17, 15) is 19.3 Å². The van der Waals surface area contributed by atoms with Crippen LogP contribution in [0.2, 0.25) is 0 Å². The van der Waals surface area contributed by atoms with Crippen LogP contribution in [0.1, 0.15) is 12.8 Å². The van der Waals surface area contributed by atoms with Gasteiger partial charge in [0, 0.05) is 12.3 Å². The molecule has 2 amide bonds. The van der Waals surface area contributed by atoms with Crippen molar-refractivity contribution in [1.82, 2.24) is 10.3 Å². The number of carbonyl (C=O) groups is 3. The number of rotatable bonds is 8. The summed E-state index contributed by atoms with van der Waals surface area (Å²) in [6.45, 7) is -0.178. The van der Waals surface area contributed by atoms with Gasteiger partial charge in [0.1, 0.15) is 6.04 Å². The number of urea groups is 1. The fraction of sp³-hybridized carbons (Fsp3) is 0.625. The zero-order valence-electron chi connectivity index (χ0n) is 9.21. The first-order valence-corrected chi connectivity index (χ1v) is 5.37. The predicted octanol–water partition coefficient (Wildman–Crippen LogP) is 0.236. The molecule has 0 radical (unpaired) electrons. The molecule has 0 spiro atoms. The minimum atomic E-state index is -1.41. The summed E-state index contributed by atoms with van der Waals surface area (Å²) in [7, 11) is 0. The Morgan fingerprint density at radius 1 is 1.33 bits per heavy atom. The molecule has 102 valence electrons. The number of carbonyl (C=O) groups excluding carboxylic acids is 1. The summed E-state index contributed by atoms with van der Waals surface area (Å²) in [5, 5.41) is 21.9. The van der Waals surface area contributed by atoms with E-state index in [1.54, 1.807) is 0 Å². The zero-order chi connectivity index (χ0) is 14.1. The average molecular weight is 282 g/mol. The third-order valence-electron chi connectivity index (χ3n) is 1.87. The van der Waals surface area contributed by atoms with Crippen LogP contribution in [0.5, 0.6) is 0 Å². The Kier molecular flexibility index (Phi) is 7.36. The van der Waals surface area contributed by atoms with Crippen LogP contribution in [0.3, 0.4) is 0 Å². The monoisotopic (exact) mass is 281 g/mol. The van der Waals surface area contributed by atoms with E-state index in [0.717, 1.165) is 0 Å². The molecule has 0 aliphatic carbocycles. The highest BCUT2D eigenvalue weighted by Crippen LogP contribution is 2.00. The van der Waals surface area contributed by atoms with E-state index in [4.69, 9.17) is 21.8 Å². The molecule has 0 unspecified atom stereocenters. The van der Waals surface area contributed by atoms with Crippen molar-refractivity contribution in [3.8, 4) is 0 Å². The Hall–Kier alpha value is -1.90. The van der Waals surface area contributed by atoms with Crippen molar-refractivity contribution in [3.05, 3.63) is 4.91 Å². The van der Waals surface area contributed by atoms with Gasteiger partial charge in [-0.3, -0.25) is 4.79 Å². The van der Waals surface area contributed by atoms with Crippen LogP contribution in [0.25, 0.3) is 0 Å². The van der Waals surface area contributed by atoms with E-state index in [1.165, 1.54) is 0 Å². The first kappa shape index (κ1) is 16.1. The average Bonchev–Trinajstić information content (AvgIpc) is 2.30. The molecule has 0 aliphatic rings. The fourth-order valence-corrected chi connectivity index (χ4v) is 1.17. The lowest BCUT2D eigenvalue weighted by atomic mass is 10.1. The Morgan fingerprint density at radius 3 is 2.33 bits per heavy atom. The SMILES string of the molecule is O=NN(CCCl)C(=O)N[C@@H](CCC(=O)O)C(=O)O. The zero-order valence-corrected chi connectivity index (χ0v) is 9.96. The Morgan fingerprint density at radius 2 is 1.94 bits per heavy atom. The molecule has 0 saturated heterocycles. The van der Waals surface area contributed by atoms with E-state index in [0.29, 0.717) is 5.01 Å².